The lowest BCUT2D eigenvalue weighted by Gasteiger charge is -2.11. The molecule has 0 radical (unpaired) electrons. The number of nitrogens with one attached hydrogen (secondary N) is 1. The zero-order valence-corrected chi connectivity index (χ0v) is 9.24. The number of benzene rings is 1. The SMILES string of the molecule is CCCCNC(=O)C(O)c1ccc(F)cc1. The third-order valence-corrected chi connectivity index (χ3v) is 2.26. The summed E-state index contributed by atoms with van der Waals surface area (Å²) in [4.78, 5) is 11.4. The first-order valence-electron chi connectivity index (χ1n) is 5.36. The van der Waals surface area contributed by atoms with Crippen molar-refractivity contribution in [3.63, 3.8) is 0 Å². The molecule has 1 atom stereocenters. The van der Waals surface area contributed by atoms with Crippen LogP contribution in [0, 0.1) is 5.82 Å². The molecule has 1 rings (SSSR count). The molecule has 88 valence electrons. The fourth-order valence-electron chi connectivity index (χ4n) is 1.28. The van der Waals surface area contributed by atoms with Gasteiger partial charge in [0.05, 0.1) is 0 Å². The van der Waals surface area contributed by atoms with E-state index in [1.165, 1.54) is 24.3 Å². The minimum Gasteiger partial charge on any atom is -0.378 e. The number of aliphatic hydroxyl groups is 1. The number of hydrogen-bond acceptors (Lipinski definition) is 2. The topological polar surface area (TPSA) is 49.3 Å². The van der Waals surface area contributed by atoms with Gasteiger partial charge in [-0.1, -0.05) is 25.5 Å². The van der Waals surface area contributed by atoms with Crippen LogP contribution in [0.25, 0.3) is 0 Å². The number of aliphatic hydroxyl groups excluding tert-OH is 1. The first-order valence-corrected chi connectivity index (χ1v) is 5.36. The van der Waals surface area contributed by atoms with Crippen molar-refractivity contribution in [1.29, 1.82) is 0 Å². The van der Waals surface area contributed by atoms with Crippen LogP contribution in [0.2, 0.25) is 0 Å². The average molecular weight is 225 g/mol. The van der Waals surface area contributed by atoms with Crippen LogP contribution in [0.4, 0.5) is 4.39 Å². The summed E-state index contributed by atoms with van der Waals surface area (Å²) < 4.78 is 12.6. The maximum Gasteiger partial charge on any atom is 0.253 e. The van der Waals surface area contributed by atoms with Crippen molar-refractivity contribution in [2.45, 2.75) is 25.9 Å². The third-order valence-electron chi connectivity index (χ3n) is 2.26. The molecule has 0 fully saturated rings. The summed E-state index contributed by atoms with van der Waals surface area (Å²) in [5.41, 5.74) is 0.399. The minimum absolute atomic E-state index is 0.387. The molecule has 0 aliphatic carbocycles. The van der Waals surface area contributed by atoms with E-state index in [9.17, 15) is 14.3 Å². The van der Waals surface area contributed by atoms with Gasteiger partial charge in [0, 0.05) is 6.54 Å². The molecule has 0 saturated carbocycles. The van der Waals surface area contributed by atoms with Gasteiger partial charge in [-0.05, 0) is 24.1 Å². The summed E-state index contributed by atoms with van der Waals surface area (Å²) >= 11 is 0. The van der Waals surface area contributed by atoms with Crippen molar-refractivity contribution in [3.05, 3.63) is 35.6 Å². The lowest BCUT2D eigenvalue weighted by molar-refractivity contribution is -0.129. The van der Waals surface area contributed by atoms with E-state index in [-0.39, 0.29) is 5.82 Å². The predicted molar refractivity (Wildman–Crippen MR) is 59.3 cm³/mol. The average Bonchev–Trinajstić information content (AvgIpc) is 2.29. The molecule has 0 aliphatic heterocycles. The lowest BCUT2D eigenvalue weighted by atomic mass is 10.1. The summed E-state index contributed by atoms with van der Waals surface area (Å²) in [5.74, 6) is -0.831. The van der Waals surface area contributed by atoms with Crippen molar-refractivity contribution < 1.29 is 14.3 Å². The molecule has 0 saturated heterocycles. The standard InChI is InChI=1S/C12H16FNO2/c1-2-3-8-14-12(16)11(15)9-4-6-10(13)7-5-9/h4-7,11,15H,2-3,8H2,1H3,(H,14,16). The number of unbranched alkanes of at least 4 members (excludes halogenated alkanes) is 1. The molecule has 16 heavy (non-hydrogen) atoms. The second kappa shape index (κ2) is 6.23. The van der Waals surface area contributed by atoms with Gasteiger partial charge in [0.2, 0.25) is 0 Å². The quantitative estimate of drug-likeness (QED) is 0.750. The van der Waals surface area contributed by atoms with Crippen LogP contribution < -0.4 is 5.32 Å². The Morgan fingerprint density at radius 3 is 2.62 bits per heavy atom. The van der Waals surface area contributed by atoms with Gasteiger partial charge in [0.15, 0.2) is 6.10 Å². The molecule has 0 aliphatic rings. The molecular formula is C12H16FNO2. The van der Waals surface area contributed by atoms with E-state index in [1.807, 2.05) is 6.92 Å². The fraction of sp³-hybridized carbons (Fsp3) is 0.417. The molecule has 4 heteroatoms. The maximum absolute atomic E-state index is 12.6. The van der Waals surface area contributed by atoms with Crippen LogP contribution in [0.1, 0.15) is 31.4 Å². The van der Waals surface area contributed by atoms with E-state index in [2.05, 4.69) is 5.32 Å². The van der Waals surface area contributed by atoms with Crippen LogP contribution in [0.3, 0.4) is 0 Å². The molecule has 0 bridgehead atoms. The van der Waals surface area contributed by atoms with Crippen molar-refractivity contribution in [2.24, 2.45) is 0 Å². The van der Waals surface area contributed by atoms with E-state index in [1.54, 1.807) is 0 Å². The van der Waals surface area contributed by atoms with Gasteiger partial charge in [0.25, 0.3) is 5.91 Å². The molecule has 0 spiro atoms. The maximum atomic E-state index is 12.6. The Balaban J connectivity index is 2.53. The number of amides is 1. The zero-order chi connectivity index (χ0) is 12.0. The van der Waals surface area contributed by atoms with Crippen molar-refractivity contribution in [2.75, 3.05) is 6.54 Å². The Bertz CT molecular complexity index is 337. The highest BCUT2D eigenvalue weighted by molar-refractivity contribution is 5.81. The van der Waals surface area contributed by atoms with Crippen LogP contribution in [-0.4, -0.2) is 17.6 Å². The Morgan fingerprint density at radius 1 is 1.44 bits per heavy atom. The molecule has 1 aromatic carbocycles. The first kappa shape index (κ1) is 12.6. The fourth-order valence-corrected chi connectivity index (χ4v) is 1.28. The van der Waals surface area contributed by atoms with E-state index in [0.29, 0.717) is 12.1 Å². The molecule has 0 heterocycles. The normalized spacial score (nSPS) is 12.2. The lowest BCUT2D eigenvalue weighted by Crippen LogP contribution is -2.30. The van der Waals surface area contributed by atoms with Crippen molar-refractivity contribution >= 4 is 5.91 Å². The van der Waals surface area contributed by atoms with Gasteiger partial charge in [-0.3, -0.25) is 4.79 Å². The molecule has 1 aromatic rings. The van der Waals surface area contributed by atoms with Gasteiger partial charge in [0.1, 0.15) is 5.82 Å². The summed E-state index contributed by atoms with van der Waals surface area (Å²) in [6, 6.07) is 5.24. The summed E-state index contributed by atoms with van der Waals surface area (Å²) in [5, 5.41) is 12.3. The number of carbonyl (C=O) groups excluding carboxylic acids is 1. The second-order valence-corrected chi connectivity index (χ2v) is 3.60. The number of carbonyl (C=O) groups is 1. The third kappa shape index (κ3) is 3.62. The zero-order valence-electron chi connectivity index (χ0n) is 9.24. The Morgan fingerprint density at radius 2 is 2.06 bits per heavy atom. The predicted octanol–water partition coefficient (Wildman–Crippen LogP) is 1.78. The molecule has 3 nitrogen and oxygen atoms in total. The van der Waals surface area contributed by atoms with E-state index < -0.39 is 12.0 Å². The minimum atomic E-state index is -1.22. The molecule has 1 amide bonds. The van der Waals surface area contributed by atoms with Crippen LogP contribution in [0.5, 0.6) is 0 Å². The van der Waals surface area contributed by atoms with Gasteiger partial charge < -0.3 is 10.4 Å². The van der Waals surface area contributed by atoms with Crippen LogP contribution in [0.15, 0.2) is 24.3 Å². The van der Waals surface area contributed by atoms with E-state index >= 15 is 0 Å². The molecule has 1 unspecified atom stereocenters. The number of hydrogen-bond donors (Lipinski definition) is 2. The summed E-state index contributed by atoms with van der Waals surface area (Å²) in [6.45, 7) is 2.57. The summed E-state index contributed by atoms with van der Waals surface area (Å²) in [7, 11) is 0. The van der Waals surface area contributed by atoms with Gasteiger partial charge in [-0.15, -0.1) is 0 Å². The largest absolute Gasteiger partial charge is 0.378 e. The summed E-state index contributed by atoms with van der Waals surface area (Å²) in [6.07, 6.45) is 0.631. The molecule has 2 N–H and O–H groups in total. The molecular weight excluding hydrogens is 209 g/mol. The van der Waals surface area contributed by atoms with Crippen molar-refractivity contribution in [1.82, 2.24) is 5.32 Å². The van der Waals surface area contributed by atoms with Crippen LogP contribution in [-0.2, 0) is 4.79 Å². The van der Waals surface area contributed by atoms with Gasteiger partial charge in [-0.25, -0.2) is 4.39 Å². The first-order chi connectivity index (χ1) is 7.65. The highest BCUT2D eigenvalue weighted by atomic mass is 19.1. The highest BCUT2D eigenvalue weighted by Gasteiger charge is 2.16. The Kier molecular flexibility index (Phi) is 4.92. The monoisotopic (exact) mass is 225 g/mol. The number of rotatable bonds is 5. The highest BCUT2D eigenvalue weighted by Crippen LogP contribution is 2.13. The van der Waals surface area contributed by atoms with E-state index in [4.69, 9.17) is 0 Å². The Hall–Kier alpha value is -1.42. The van der Waals surface area contributed by atoms with E-state index in [0.717, 1.165) is 12.8 Å². The smallest absolute Gasteiger partial charge is 0.253 e. The number of halogens is 1. The van der Waals surface area contributed by atoms with Gasteiger partial charge >= 0.3 is 0 Å². The van der Waals surface area contributed by atoms with Crippen molar-refractivity contribution in [3.8, 4) is 0 Å². The Labute approximate surface area is 94.3 Å². The second-order valence-electron chi connectivity index (χ2n) is 3.60. The molecule has 0 aromatic heterocycles. The van der Waals surface area contributed by atoms with Crippen LogP contribution >= 0.6 is 0 Å². The van der Waals surface area contributed by atoms with Gasteiger partial charge in [-0.2, -0.15) is 0 Å².